The van der Waals surface area contributed by atoms with Gasteiger partial charge in [0, 0.05) is 15.6 Å². The number of halogens is 1. The van der Waals surface area contributed by atoms with Crippen molar-refractivity contribution in [1.29, 1.82) is 0 Å². The van der Waals surface area contributed by atoms with E-state index in [9.17, 15) is 4.79 Å². The third-order valence-electron chi connectivity index (χ3n) is 2.70. The van der Waals surface area contributed by atoms with Gasteiger partial charge in [0.1, 0.15) is 0 Å². The lowest BCUT2D eigenvalue weighted by atomic mass is 9.96. The van der Waals surface area contributed by atoms with Crippen LogP contribution in [0, 0.1) is 5.41 Å². The van der Waals surface area contributed by atoms with Crippen molar-refractivity contribution in [2.75, 3.05) is 10.6 Å². The first-order valence-corrected chi connectivity index (χ1v) is 7.32. The molecule has 1 heterocycles. The normalized spacial score (nSPS) is 11.0. The van der Waals surface area contributed by atoms with E-state index in [0.29, 0.717) is 11.6 Å². The molecule has 0 unspecified atom stereocenters. The number of rotatable bonds is 3. The summed E-state index contributed by atoms with van der Waals surface area (Å²) in [6.07, 6.45) is 0. The van der Waals surface area contributed by atoms with Gasteiger partial charge >= 0.3 is 0 Å². The second-order valence-electron chi connectivity index (χ2n) is 5.64. The molecule has 5 nitrogen and oxygen atoms in total. The van der Waals surface area contributed by atoms with Crippen molar-refractivity contribution < 1.29 is 4.79 Å². The van der Waals surface area contributed by atoms with Gasteiger partial charge in [0.05, 0.1) is 0 Å². The molecule has 0 radical (unpaired) electrons. The highest BCUT2D eigenvalue weighted by molar-refractivity contribution is 9.10. The van der Waals surface area contributed by atoms with Crippen LogP contribution in [-0.2, 0) is 4.79 Å². The van der Waals surface area contributed by atoms with Crippen molar-refractivity contribution in [3.63, 3.8) is 0 Å². The molecule has 0 saturated carbocycles. The quantitative estimate of drug-likeness (QED) is 0.880. The molecule has 0 aliphatic heterocycles. The lowest BCUT2D eigenvalue weighted by molar-refractivity contribution is -0.123. The molecule has 0 saturated heterocycles. The van der Waals surface area contributed by atoms with Gasteiger partial charge in [-0.25, -0.2) is 0 Å². The Morgan fingerprint density at radius 1 is 1.00 bits per heavy atom. The summed E-state index contributed by atoms with van der Waals surface area (Å²) in [6, 6.07) is 11.2. The maximum Gasteiger partial charge on any atom is 0.230 e. The summed E-state index contributed by atoms with van der Waals surface area (Å²) in [7, 11) is 0. The Labute approximate surface area is 132 Å². The highest BCUT2D eigenvalue weighted by Crippen LogP contribution is 2.19. The average molecular weight is 349 g/mol. The van der Waals surface area contributed by atoms with Gasteiger partial charge in [0.25, 0.3) is 0 Å². The van der Waals surface area contributed by atoms with Crippen LogP contribution in [0.15, 0.2) is 40.9 Å². The van der Waals surface area contributed by atoms with E-state index in [0.717, 1.165) is 10.2 Å². The third-order valence-corrected chi connectivity index (χ3v) is 3.23. The van der Waals surface area contributed by atoms with Crippen molar-refractivity contribution in [1.82, 2.24) is 10.2 Å². The van der Waals surface area contributed by atoms with Gasteiger partial charge < -0.3 is 10.6 Å². The highest BCUT2D eigenvalue weighted by atomic mass is 79.9. The van der Waals surface area contributed by atoms with Crippen LogP contribution in [0.5, 0.6) is 0 Å². The van der Waals surface area contributed by atoms with Crippen molar-refractivity contribution in [3.05, 3.63) is 40.9 Å². The number of carbonyl (C=O) groups is 1. The fourth-order valence-corrected chi connectivity index (χ4v) is 1.71. The minimum Gasteiger partial charge on any atom is -0.339 e. The summed E-state index contributed by atoms with van der Waals surface area (Å²) in [4.78, 5) is 11.8. The Morgan fingerprint density at radius 2 is 1.57 bits per heavy atom. The Balaban J connectivity index is 2.02. The zero-order valence-corrected chi connectivity index (χ0v) is 13.7. The summed E-state index contributed by atoms with van der Waals surface area (Å²) >= 11 is 3.38. The molecule has 6 heteroatoms. The van der Waals surface area contributed by atoms with Crippen LogP contribution >= 0.6 is 15.9 Å². The number of anilines is 3. The number of hydrogen-bond donors (Lipinski definition) is 2. The predicted molar refractivity (Wildman–Crippen MR) is 87.5 cm³/mol. The summed E-state index contributed by atoms with van der Waals surface area (Å²) in [5.41, 5.74) is 0.453. The van der Waals surface area contributed by atoms with E-state index in [1.165, 1.54) is 0 Å². The van der Waals surface area contributed by atoms with Crippen molar-refractivity contribution in [3.8, 4) is 0 Å². The summed E-state index contributed by atoms with van der Waals surface area (Å²) in [5, 5.41) is 13.9. The van der Waals surface area contributed by atoms with Gasteiger partial charge in [-0.3, -0.25) is 4.79 Å². The molecule has 0 atom stereocenters. The first-order valence-electron chi connectivity index (χ1n) is 6.52. The molecule has 0 aliphatic carbocycles. The van der Waals surface area contributed by atoms with E-state index < -0.39 is 5.41 Å². The van der Waals surface area contributed by atoms with Crippen molar-refractivity contribution in [2.45, 2.75) is 20.8 Å². The maximum atomic E-state index is 11.8. The van der Waals surface area contributed by atoms with E-state index in [-0.39, 0.29) is 5.91 Å². The number of carbonyl (C=O) groups excluding carboxylic acids is 1. The monoisotopic (exact) mass is 348 g/mol. The third kappa shape index (κ3) is 4.53. The fraction of sp³-hybridized carbons (Fsp3) is 0.267. The summed E-state index contributed by atoms with van der Waals surface area (Å²) in [6.45, 7) is 5.54. The zero-order chi connectivity index (χ0) is 15.5. The Kier molecular flexibility index (Phi) is 4.57. The number of benzene rings is 1. The van der Waals surface area contributed by atoms with Crippen LogP contribution in [0.25, 0.3) is 0 Å². The Hall–Kier alpha value is -1.95. The molecule has 0 spiro atoms. The van der Waals surface area contributed by atoms with Crippen LogP contribution in [0.1, 0.15) is 20.8 Å². The predicted octanol–water partition coefficient (Wildman–Crippen LogP) is 3.97. The second kappa shape index (κ2) is 6.22. The van der Waals surface area contributed by atoms with Crippen LogP contribution < -0.4 is 10.6 Å². The molecule has 1 amide bonds. The molecule has 0 aliphatic rings. The van der Waals surface area contributed by atoms with Crippen LogP contribution in [0.4, 0.5) is 17.3 Å². The molecule has 1 aromatic carbocycles. The molecular weight excluding hydrogens is 332 g/mol. The van der Waals surface area contributed by atoms with Gasteiger partial charge in [0.2, 0.25) is 5.91 Å². The maximum absolute atomic E-state index is 11.8. The molecule has 0 bridgehead atoms. The SMILES string of the molecule is CC(C)(C)C(=O)Nc1ccc(Nc2ccc(Br)cc2)nn1. The van der Waals surface area contributed by atoms with Gasteiger partial charge in [0.15, 0.2) is 11.6 Å². The summed E-state index contributed by atoms with van der Waals surface area (Å²) < 4.78 is 1.01. The Morgan fingerprint density at radius 3 is 2.10 bits per heavy atom. The number of amides is 1. The number of nitrogens with zero attached hydrogens (tertiary/aromatic N) is 2. The first kappa shape index (κ1) is 15.4. The van der Waals surface area contributed by atoms with Gasteiger partial charge in [-0.15, -0.1) is 10.2 Å². The van der Waals surface area contributed by atoms with Gasteiger partial charge in [-0.2, -0.15) is 0 Å². The lowest BCUT2D eigenvalue weighted by Gasteiger charge is -2.16. The smallest absolute Gasteiger partial charge is 0.230 e. The van der Waals surface area contributed by atoms with Gasteiger partial charge in [-0.1, -0.05) is 36.7 Å². The van der Waals surface area contributed by atoms with E-state index >= 15 is 0 Å². The number of nitrogens with one attached hydrogen (secondary N) is 2. The molecule has 21 heavy (non-hydrogen) atoms. The molecule has 2 rings (SSSR count). The minimum atomic E-state index is -0.462. The molecule has 110 valence electrons. The standard InChI is InChI=1S/C15H17BrN4O/c1-15(2,3)14(21)18-13-9-8-12(19-20-13)17-11-6-4-10(16)5-7-11/h4-9H,1-3H3,(H,17,19)(H,18,20,21). The van der Waals surface area contributed by atoms with Crippen LogP contribution in [-0.4, -0.2) is 16.1 Å². The van der Waals surface area contributed by atoms with Crippen molar-refractivity contribution >= 4 is 39.2 Å². The summed E-state index contributed by atoms with van der Waals surface area (Å²) in [5.74, 6) is 0.966. The number of aromatic nitrogens is 2. The van der Waals surface area contributed by atoms with E-state index in [1.54, 1.807) is 12.1 Å². The lowest BCUT2D eigenvalue weighted by Crippen LogP contribution is -2.28. The largest absolute Gasteiger partial charge is 0.339 e. The van der Waals surface area contributed by atoms with Crippen molar-refractivity contribution in [2.24, 2.45) is 5.41 Å². The van der Waals surface area contributed by atoms with Crippen LogP contribution in [0.3, 0.4) is 0 Å². The first-order chi connectivity index (χ1) is 9.84. The van der Waals surface area contributed by atoms with E-state index in [4.69, 9.17) is 0 Å². The zero-order valence-electron chi connectivity index (χ0n) is 12.1. The highest BCUT2D eigenvalue weighted by Gasteiger charge is 2.21. The fourth-order valence-electron chi connectivity index (χ4n) is 1.45. The van der Waals surface area contributed by atoms with E-state index in [1.807, 2.05) is 45.0 Å². The topological polar surface area (TPSA) is 66.9 Å². The molecule has 2 N–H and O–H groups in total. The molecule has 2 aromatic rings. The molecular formula is C15H17BrN4O. The van der Waals surface area contributed by atoms with E-state index in [2.05, 4.69) is 36.8 Å². The second-order valence-corrected chi connectivity index (χ2v) is 6.56. The Bertz CT molecular complexity index is 618. The molecule has 0 fully saturated rings. The van der Waals surface area contributed by atoms with Crippen LogP contribution in [0.2, 0.25) is 0 Å². The average Bonchev–Trinajstić information content (AvgIpc) is 2.42. The van der Waals surface area contributed by atoms with Gasteiger partial charge in [-0.05, 0) is 36.4 Å². The minimum absolute atomic E-state index is 0.0922. The molecule has 1 aromatic heterocycles. The number of hydrogen-bond acceptors (Lipinski definition) is 4.